The topological polar surface area (TPSA) is 32.7 Å². The molecule has 0 aromatic heterocycles. The van der Waals surface area contributed by atoms with Crippen LogP contribution in [0.4, 0.5) is 0 Å². The Morgan fingerprint density at radius 3 is 2.75 bits per heavy atom. The Kier molecular flexibility index (Phi) is 5.49. The maximum atomic E-state index is 10.5. The maximum Gasteiger partial charge on any atom is 0.0695 e. The average Bonchev–Trinajstić information content (AvgIpc) is 2.63. The van der Waals surface area contributed by atoms with Crippen LogP contribution in [0.25, 0.3) is 0 Å². The molecule has 1 aliphatic heterocycles. The lowest BCUT2D eigenvalue weighted by molar-refractivity contribution is -0.0283. The van der Waals surface area contributed by atoms with Gasteiger partial charge in [0.25, 0.3) is 0 Å². The Morgan fingerprint density at radius 2 is 2.05 bits per heavy atom. The Morgan fingerprint density at radius 1 is 1.30 bits per heavy atom. The van der Waals surface area contributed by atoms with E-state index in [9.17, 15) is 5.11 Å². The first-order valence-corrected chi connectivity index (χ1v) is 8.47. The van der Waals surface area contributed by atoms with Crippen molar-refractivity contribution in [1.29, 1.82) is 0 Å². The minimum atomic E-state index is -0.149. The molecule has 20 heavy (non-hydrogen) atoms. The van der Waals surface area contributed by atoms with Crippen molar-refractivity contribution in [3.05, 3.63) is 0 Å². The van der Waals surface area contributed by atoms with Crippen molar-refractivity contribution in [2.45, 2.75) is 78.0 Å². The van der Waals surface area contributed by atoms with Gasteiger partial charge in [-0.3, -0.25) is 4.90 Å². The molecule has 0 radical (unpaired) electrons. The van der Waals surface area contributed by atoms with E-state index < -0.39 is 0 Å². The molecule has 2 fully saturated rings. The molecule has 1 heterocycles. The fourth-order valence-corrected chi connectivity index (χ4v) is 3.85. The molecule has 118 valence electrons. The molecule has 1 saturated heterocycles. The number of ether oxygens (including phenoxy) is 1. The number of aliphatic hydroxyl groups is 1. The van der Waals surface area contributed by atoms with Gasteiger partial charge in [0, 0.05) is 25.7 Å². The molecule has 3 nitrogen and oxygen atoms in total. The monoisotopic (exact) mass is 283 g/mol. The lowest BCUT2D eigenvalue weighted by Gasteiger charge is -2.45. The molecule has 1 saturated carbocycles. The molecule has 2 aliphatic rings. The van der Waals surface area contributed by atoms with Crippen molar-refractivity contribution in [3.63, 3.8) is 0 Å². The second-order valence-electron chi connectivity index (χ2n) is 7.52. The van der Waals surface area contributed by atoms with E-state index in [-0.39, 0.29) is 6.10 Å². The quantitative estimate of drug-likeness (QED) is 0.864. The third-order valence-electron chi connectivity index (χ3n) is 5.75. The van der Waals surface area contributed by atoms with E-state index in [4.69, 9.17) is 4.74 Å². The van der Waals surface area contributed by atoms with Crippen LogP contribution in [0.5, 0.6) is 0 Å². The fraction of sp³-hybridized carbons (Fsp3) is 1.00. The van der Waals surface area contributed by atoms with E-state index in [2.05, 4.69) is 32.6 Å². The number of rotatable bonds is 3. The van der Waals surface area contributed by atoms with Gasteiger partial charge in [0.1, 0.15) is 0 Å². The minimum absolute atomic E-state index is 0.149. The van der Waals surface area contributed by atoms with Crippen molar-refractivity contribution in [2.24, 2.45) is 11.3 Å². The summed E-state index contributed by atoms with van der Waals surface area (Å²) < 4.78 is 5.75. The van der Waals surface area contributed by atoms with Crippen LogP contribution < -0.4 is 0 Å². The largest absolute Gasteiger partial charge is 0.391 e. The van der Waals surface area contributed by atoms with Crippen LogP contribution in [0, 0.1) is 11.3 Å². The van der Waals surface area contributed by atoms with Crippen molar-refractivity contribution in [2.75, 3.05) is 19.7 Å². The molecule has 0 aromatic rings. The Labute approximate surface area is 124 Å². The van der Waals surface area contributed by atoms with E-state index in [0.29, 0.717) is 17.6 Å². The third-order valence-corrected chi connectivity index (χ3v) is 5.75. The smallest absolute Gasteiger partial charge is 0.0695 e. The molecule has 0 amide bonds. The Hall–Kier alpha value is -0.120. The van der Waals surface area contributed by atoms with Gasteiger partial charge in [-0.1, -0.05) is 27.2 Å². The SMILES string of the molecule is CCC(C)(C)C1CCC(O)C(N2CCCOC(C)C2)C1. The van der Waals surface area contributed by atoms with Gasteiger partial charge in [0.2, 0.25) is 0 Å². The molecule has 4 atom stereocenters. The highest BCUT2D eigenvalue weighted by molar-refractivity contribution is 4.92. The molecular formula is C17H33NO2. The van der Waals surface area contributed by atoms with Crippen LogP contribution in [0.2, 0.25) is 0 Å². The lowest BCUT2D eigenvalue weighted by Crippen LogP contribution is -2.50. The summed E-state index contributed by atoms with van der Waals surface area (Å²) in [5, 5.41) is 10.5. The number of hydrogen-bond acceptors (Lipinski definition) is 3. The van der Waals surface area contributed by atoms with Gasteiger partial charge in [-0.05, 0) is 43.9 Å². The number of nitrogens with zero attached hydrogens (tertiary/aromatic N) is 1. The van der Waals surface area contributed by atoms with E-state index >= 15 is 0 Å². The van der Waals surface area contributed by atoms with Gasteiger partial charge in [-0.25, -0.2) is 0 Å². The van der Waals surface area contributed by atoms with E-state index in [1.807, 2.05) is 0 Å². The van der Waals surface area contributed by atoms with Gasteiger partial charge in [0.15, 0.2) is 0 Å². The molecule has 1 N–H and O–H groups in total. The predicted molar refractivity (Wildman–Crippen MR) is 82.8 cm³/mol. The molecule has 0 bridgehead atoms. The van der Waals surface area contributed by atoms with Gasteiger partial charge in [0.05, 0.1) is 12.2 Å². The summed E-state index contributed by atoms with van der Waals surface area (Å²) in [7, 11) is 0. The van der Waals surface area contributed by atoms with Crippen LogP contribution in [-0.4, -0.2) is 48.0 Å². The summed E-state index contributed by atoms with van der Waals surface area (Å²) in [6.07, 6.45) is 5.75. The van der Waals surface area contributed by atoms with E-state index in [0.717, 1.165) is 44.9 Å². The van der Waals surface area contributed by atoms with Crippen LogP contribution in [0.3, 0.4) is 0 Å². The first-order valence-electron chi connectivity index (χ1n) is 8.47. The molecule has 4 unspecified atom stereocenters. The van der Waals surface area contributed by atoms with Crippen molar-refractivity contribution in [3.8, 4) is 0 Å². The van der Waals surface area contributed by atoms with Crippen molar-refractivity contribution in [1.82, 2.24) is 4.90 Å². The van der Waals surface area contributed by atoms with Gasteiger partial charge < -0.3 is 9.84 Å². The number of hydrogen-bond donors (Lipinski definition) is 1. The summed E-state index contributed by atoms with van der Waals surface area (Å²) in [4.78, 5) is 2.50. The van der Waals surface area contributed by atoms with E-state index in [1.54, 1.807) is 0 Å². The van der Waals surface area contributed by atoms with Gasteiger partial charge in [-0.2, -0.15) is 0 Å². The van der Waals surface area contributed by atoms with Crippen LogP contribution in [-0.2, 0) is 4.74 Å². The fourth-order valence-electron chi connectivity index (χ4n) is 3.85. The molecule has 3 heteroatoms. The molecule has 2 rings (SSSR count). The third kappa shape index (κ3) is 3.75. The molecule has 0 spiro atoms. The maximum absolute atomic E-state index is 10.5. The summed E-state index contributed by atoms with van der Waals surface area (Å²) in [6.45, 7) is 12.1. The summed E-state index contributed by atoms with van der Waals surface area (Å²) >= 11 is 0. The highest BCUT2D eigenvalue weighted by atomic mass is 16.5. The number of aliphatic hydroxyl groups excluding tert-OH is 1. The Balaban J connectivity index is 2.04. The van der Waals surface area contributed by atoms with Crippen LogP contribution in [0.15, 0.2) is 0 Å². The molecular weight excluding hydrogens is 250 g/mol. The van der Waals surface area contributed by atoms with Crippen LogP contribution >= 0.6 is 0 Å². The first-order chi connectivity index (χ1) is 9.44. The minimum Gasteiger partial charge on any atom is -0.391 e. The standard InChI is InChI=1S/C17H33NO2/c1-5-17(3,4)14-7-8-16(19)15(11-14)18-9-6-10-20-13(2)12-18/h13-16,19H,5-12H2,1-4H3. The first kappa shape index (κ1) is 16.3. The molecule has 0 aromatic carbocycles. The summed E-state index contributed by atoms with van der Waals surface area (Å²) in [5.41, 5.74) is 0.395. The highest BCUT2D eigenvalue weighted by Gasteiger charge is 2.39. The zero-order valence-electron chi connectivity index (χ0n) is 13.8. The average molecular weight is 283 g/mol. The predicted octanol–water partition coefficient (Wildman–Crippen LogP) is 3.06. The molecule has 1 aliphatic carbocycles. The van der Waals surface area contributed by atoms with Crippen molar-refractivity contribution >= 4 is 0 Å². The summed E-state index contributed by atoms with van der Waals surface area (Å²) in [5.74, 6) is 0.736. The Bertz CT molecular complexity index is 305. The zero-order valence-corrected chi connectivity index (χ0v) is 13.8. The highest BCUT2D eigenvalue weighted by Crippen LogP contribution is 2.41. The second-order valence-corrected chi connectivity index (χ2v) is 7.52. The lowest BCUT2D eigenvalue weighted by atomic mass is 9.67. The van der Waals surface area contributed by atoms with Gasteiger partial charge >= 0.3 is 0 Å². The normalized spacial score (nSPS) is 37.6. The summed E-state index contributed by atoms with van der Waals surface area (Å²) in [6, 6.07) is 0.337. The van der Waals surface area contributed by atoms with Crippen molar-refractivity contribution < 1.29 is 9.84 Å². The second kappa shape index (κ2) is 6.76. The van der Waals surface area contributed by atoms with Gasteiger partial charge in [-0.15, -0.1) is 0 Å². The zero-order chi connectivity index (χ0) is 14.8. The van der Waals surface area contributed by atoms with Crippen LogP contribution in [0.1, 0.15) is 59.8 Å². The van der Waals surface area contributed by atoms with E-state index in [1.165, 1.54) is 12.8 Å².